The van der Waals surface area contributed by atoms with E-state index in [1.165, 1.54) is 32.1 Å². The lowest BCUT2D eigenvalue weighted by Crippen LogP contribution is -2.46. The van der Waals surface area contributed by atoms with Crippen molar-refractivity contribution in [3.63, 3.8) is 0 Å². The number of hydrogen-bond acceptors (Lipinski definition) is 5. The van der Waals surface area contributed by atoms with Crippen LogP contribution in [-0.4, -0.2) is 47.1 Å². The number of nitrogens with one attached hydrogen (secondary N) is 2. The van der Waals surface area contributed by atoms with Gasteiger partial charge in [0.1, 0.15) is 11.7 Å². The molecule has 29 heavy (non-hydrogen) atoms. The SMILES string of the molecule is CCC(N)=NC(=O)c1cc(C)cnc1NCC(CO)C(CC)NC1CCCCC1. The molecule has 162 valence electrons. The quantitative estimate of drug-likeness (QED) is 0.353. The molecule has 1 amide bonds. The van der Waals surface area contributed by atoms with Crippen LogP contribution < -0.4 is 16.4 Å². The first kappa shape index (κ1) is 23.3. The van der Waals surface area contributed by atoms with E-state index in [9.17, 15) is 9.90 Å². The van der Waals surface area contributed by atoms with Gasteiger partial charge >= 0.3 is 0 Å². The van der Waals surface area contributed by atoms with Crippen molar-refractivity contribution in [3.8, 4) is 0 Å². The van der Waals surface area contributed by atoms with Crippen molar-refractivity contribution >= 4 is 17.6 Å². The van der Waals surface area contributed by atoms with Gasteiger partial charge in [0, 0.05) is 43.8 Å². The van der Waals surface area contributed by atoms with E-state index in [4.69, 9.17) is 5.73 Å². The second-order valence-corrected chi connectivity index (χ2v) is 8.01. The summed E-state index contributed by atoms with van der Waals surface area (Å²) >= 11 is 0. The Bertz CT molecular complexity index is 686. The lowest BCUT2D eigenvalue weighted by atomic mass is 9.91. The molecule has 2 unspecified atom stereocenters. The maximum absolute atomic E-state index is 12.5. The molecule has 1 aromatic heterocycles. The second kappa shape index (κ2) is 11.9. The molecule has 1 saturated carbocycles. The fraction of sp³-hybridized carbons (Fsp3) is 0.682. The first-order valence-electron chi connectivity index (χ1n) is 10.9. The number of nitrogens with zero attached hydrogens (tertiary/aromatic N) is 2. The molecule has 0 bridgehead atoms. The van der Waals surface area contributed by atoms with E-state index in [0.717, 1.165) is 12.0 Å². The highest BCUT2D eigenvalue weighted by molar-refractivity contribution is 6.05. The number of aliphatic hydroxyl groups excluding tert-OH is 1. The van der Waals surface area contributed by atoms with Gasteiger partial charge in [-0.3, -0.25) is 4.79 Å². The molecule has 0 spiro atoms. The Kier molecular flexibility index (Phi) is 9.54. The van der Waals surface area contributed by atoms with Gasteiger partial charge in [0.05, 0.1) is 5.56 Å². The summed E-state index contributed by atoms with van der Waals surface area (Å²) in [7, 11) is 0. The van der Waals surface area contributed by atoms with Crippen molar-refractivity contribution in [1.29, 1.82) is 0 Å². The van der Waals surface area contributed by atoms with Crippen molar-refractivity contribution in [1.82, 2.24) is 10.3 Å². The van der Waals surface area contributed by atoms with E-state index in [2.05, 4.69) is 27.5 Å². The van der Waals surface area contributed by atoms with Gasteiger partial charge in [-0.05, 0) is 37.8 Å². The average molecular weight is 404 g/mol. The third kappa shape index (κ3) is 7.08. The lowest BCUT2D eigenvalue weighted by molar-refractivity contribution is 0.100. The molecule has 1 heterocycles. The number of carbonyl (C=O) groups is 1. The predicted octanol–water partition coefficient (Wildman–Crippen LogP) is 3.02. The van der Waals surface area contributed by atoms with Gasteiger partial charge in [-0.2, -0.15) is 4.99 Å². The Morgan fingerprint density at radius 3 is 2.69 bits per heavy atom. The third-order valence-corrected chi connectivity index (χ3v) is 5.69. The first-order chi connectivity index (χ1) is 14.0. The van der Waals surface area contributed by atoms with E-state index >= 15 is 0 Å². The van der Waals surface area contributed by atoms with Gasteiger partial charge in [-0.1, -0.05) is 33.1 Å². The molecule has 7 nitrogen and oxygen atoms in total. The van der Waals surface area contributed by atoms with Crippen molar-refractivity contribution in [3.05, 3.63) is 23.4 Å². The smallest absolute Gasteiger partial charge is 0.282 e. The number of carbonyl (C=O) groups excluding carboxylic acids is 1. The van der Waals surface area contributed by atoms with Crippen LogP contribution in [0.2, 0.25) is 0 Å². The minimum Gasteiger partial charge on any atom is -0.396 e. The number of nitrogens with two attached hydrogens (primary N) is 1. The van der Waals surface area contributed by atoms with E-state index in [1.54, 1.807) is 12.3 Å². The summed E-state index contributed by atoms with van der Waals surface area (Å²) in [5.74, 6) is 0.422. The standard InChI is InChI=1S/C22H37N5O2/c1-4-19(26-17-9-7-6-8-10-17)16(14-28)13-25-21-18(11-15(3)12-24-21)22(29)27-20(23)5-2/h11-12,16-17,19,26,28H,4-10,13-14H2,1-3H3,(H,24,25)(H2,23,27,29). The molecule has 2 rings (SSSR count). The molecule has 0 aromatic carbocycles. The Balaban J connectivity index is 2.08. The number of amides is 1. The number of aromatic nitrogens is 1. The summed E-state index contributed by atoms with van der Waals surface area (Å²) in [4.78, 5) is 20.9. The van der Waals surface area contributed by atoms with E-state index in [-0.39, 0.29) is 18.6 Å². The van der Waals surface area contributed by atoms with Crippen LogP contribution in [0.5, 0.6) is 0 Å². The monoisotopic (exact) mass is 403 g/mol. The third-order valence-electron chi connectivity index (χ3n) is 5.69. The molecule has 1 aromatic rings. The van der Waals surface area contributed by atoms with Gasteiger partial charge in [0.15, 0.2) is 0 Å². The van der Waals surface area contributed by atoms with Crippen molar-refractivity contribution < 1.29 is 9.90 Å². The number of amidine groups is 1. The highest BCUT2D eigenvalue weighted by Gasteiger charge is 2.24. The maximum Gasteiger partial charge on any atom is 0.282 e. The molecular weight excluding hydrogens is 366 g/mol. The Labute approximate surface area is 174 Å². The number of pyridine rings is 1. The van der Waals surface area contributed by atoms with Crippen LogP contribution in [0, 0.1) is 12.8 Å². The summed E-state index contributed by atoms with van der Waals surface area (Å²) in [5.41, 5.74) is 7.03. The average Bonchev–Trinajstić information content (AvgIpc) is 2.74. The first-order valence-corrected chi connectivity index (χ1v) is 10.9. The Morgan fingerprint density at radius 2 is 2.07 bits per heavy atom. The van der Waals surface area contributed by atoms with Gasteiger partial charge in [0.25, 0.3) is 5.91 Å². The largest absolute Gasteiger partial charge is 0.396 e. The Hall–Kier alpha value is -1.99. The molecule has 1 fully saturated rings. The van der Waals surface area contributed by atoms with Gasteiger partial charge in [-0.25, -0.2) is 4.98 Å². The van der Waals surface area contributed by atoms with Crippen molar-refractivity contribution in [2.24, 2.45) is 16.6 Å². The summed E-state index contributed by atoms with van der Waals surface area (Å²) < 4.78 is 0. The fourth-order valence-corrected chi connectivity index (χ4v) is 3.86. The number of aryl methyl sites for hydroxylation is 1. The number of hydrogen-bond donors (Lipinski definition) is 4. The van der Waals surface area contributed by atoms with Gasteiger partial charge in [0.2, 0.25) is 0 Å². The maximum atomic E-state index is 12.5. The van der Waals surface area contributed by atoms with E-state index in [0.29, 0.717) is 36.2 Å². The molecule has 0 aliphatic heterocycles. The molecular formula is C22H37N5O2. The molecule has 5 N–H and O–H groups in total. The van der Waals surface area contributed by atoms with Crippen molar-refractivity contribution in [2.45, 2.75) is 77.8 Å². The normalized spacial score (nSPS) is 17.7. The van der Waals surface area contributed by atoms with Crippen LogP contribution in [0.15, 0.2) is 17.3 Å². The second-order valence-electron chi connectivity index (χ2n) is 8.01. The van der Waals surface area contributed by atoms with Crippen LogP contribution in [0.3, 0.4) is 0 Å². The number of rotatable bonds is 10. The minimum atomic E-state index is -0.393. The summed E-state index contributed by atoms with van der Waals surface area (Å²) in [6, 6.07) is 2.52. The van der Waals surface area contributed by atoms with E-state index in [1.807, 2.05) is 13.8 Å². The number of aliphatic imine (C=N–C) groups is 1. The number of aliphatic hydroxyl groups is 1. The van der Waals surface area contributed by atoms with Crippen molar-refractivity contribution in [2.75, 3.05) is 18.5 Å². The van der Waals surface area contributed by atoms with Gasteiger partial charge < -0.3 is 21.5 Å². The van der Waals surface area contributed by atoms with Crippen LogP contribution in [-0.2, 0) is 0 Å². The van der Waals surface area contributed by atoms with Crippen LogP contribution >= 0.6 is 0 Å². The Morgan fingerprint density at radius 1 is 1.34 bits per heavy atom. The minimum absolute atomic E-state index is 0.0252. The fourth-order valence-electron chi connectivity index (χ4n) is 3.86. The molecule has 7 heteroatoms. The van der Waals surface area contributed by atoms with Crippen LogP contribution in [0.4, 0.5) is 5.82 Å². The highest BCUT2D eigenvalue weighted by atomic mass is 16.3. The van der Waals surface area contributed by atoms with Crippen LogP contribution in [0.1, 0.15) is 74.7 Å². The lowest BCUT2D eigenvalue weighted by Gasteiger charge is -2.32. The zero-order valence-electron chi connectivity index (χ0n) is 18.1. The highest BCUT2D eigenvalue weighted by Crippen LogP contribution is 2.21. The summed E-state index contributed by atoms with van der Waals surface area (Å²) in [5, 5.41) is 17.0. The molecule has 1 aliphatic rings. The zero-order valence-corrected chi connectivity index (χ0v) is 18.1. The summed E-state index contributed by atoms with van der Waals surface area (Å²) in [6.45, 7) is 6.48. The van der Waals surface area contributed by atoms with Gasteiger partial charge in [-0.15, -0.1) is 0 Å². The van der Waals surface area contributed by atoms with Crippen LogP contribution in [0.25, 0.3) is 0 Å². The molecule has 1 aliphatic carbocycles. The molecule has 2 atom stereocenters. The molecule has 0 radical (unpaired) electrons. The number of anilines is 1. The van der Waals surface area contributed by atoms with E-state index < -0.39 is 5.91 Å². The molecule has 0 saturated heterocycles. The topological polar surface area (TPSA) is 113 Å². The zero-order chi connectivity index (χ0) is 21.2. The summed E-state index contributed by atoms with van der Waals surface area (Å²) in [6.07, 6.45) is 9.46. The predicted molar refractivity (Wildman–Crippen MR) is 118 cm³/mol.